The Morgan fingerprint density at radius 3 is 2.13 bits per heavy atom. The van der Waals surface area contributed by atoms with Crippen LogP contribution in [-0.4, -0.2) is 19.1 Å². The molecule has 1 N–H and O–H groups in total. The number of nitrogens with one attached hydrogen (secondary N) is 1. The molecule has 0 saturated heterocycles. The smallest absolute Gasteiger partial charge is 0.296 e. The van der Waals surface area contributed by atoms with Crippen LogP contribution in [0.1, 0.15) is 18.1 Å². The van der Waals surface area contributed by atoms with Crippen LogP contribution in [0.3, 0.4) is 0 Å². The van der Waals surface area contributed by atoms with Crippen LogP contribution in [0, 0.1) is 10.1 Å². The van der Waals surface area contributed by atoms with Gasteiger partial charge in [-0.3, -0.25) is 10.1 Å². The molecule has 0 unspecified atom stereocenters. The molecule has 2 rings (SSSR count). The monoisotopic (exact) mass is 316 g/mol. The van der Waals surface area contributed by atoms with Gasteiger partial charge in [0.15, 0.2) is 11.5 Å². The van der Waals surface area contributed by atoms with Crippen molar-refractivity contribution in [2.24, 2.45) is 0 Å². The average molecular weight is 316 g/mol. The van der Waals surface area contributed by atoms with Crippen molar-refractivity contribution in [1.82, 2.24) is 0 Å². The summed E-state index contributed by atoms with van der Waals surface area (Å²) in [6.07, 6.45) is 0.981. The Kier molecular flexibility index (Phi) is 5.41. The Morgan fingerprint density at radius 2 is 1.61 bits per heavy atom. The molecule has 2 aromatic rings. The van der Waals surface area contributed by atoms with E-state index in [1.807, 2.05) is 12.1 Å². The van der Waals surface area contributed by atoms with Gasteiger partial charge in [0, 0.05) is 12.6 Å². The minimum Gasteiger partial charge on any atom is -0.493 e. The maximum atomic E-state index is 11.3. The molecule has 122 valence electrons. The Bertz CT molecular complexity index is 684. The first-order chi connectivity index (χ1) is 11.1. The van der Waals surface area contributed by atoms with Crippen LogP contribution in [0.5, 0.6) is 11.5 Å². The van der Waals surface area contributed by atoms with Gasteiger partial charge in [-0.05, 0) is 17.5 Å². The number of nitrogens with zero attached hydrogens (tertiary/aromatic N) is 1. The number of rotatable bonds is 7. The largest absolute Gasteiger partial charge is 0.493 e. The van der Waals surface area contributed by atoms with E-state index in [1.165, 1.54) is 25.8 Å². The molecule has 0 aromatic heterocycles. The topological polar surface area (TPSA) is 73.6 Å². The van der Waals surface area contributed by atoms with Crippen molar-refractivity contribution < 1.29 is 14.4 Å². The lowest BCUT2D eigenvalue weighted by Crippen LogP contribution is -2.04. The number of nitro groups is 1. The van der Waals surface area contributed by atoms with Gasteiger partial charge in [-0.15, -0.1) is 0 Å². The molecule has 0 amide bonds. The first-order valence-electron chi connectivity index (χ1n) is 7.31. The second-order valence-corrected chi connectivity index (χ2v) is 5.01. The standard InChI is InChI=1S/C17H20N2O4/c1-4-12-5-7-13(8-6-12)11-18-14-9-16(22-2)17(23-3)10-15(14)19(20)21/h5-10,18H,4,11H2,1-3H3. The Morgan fingerprint density at radius 1 is 1.04 bits per heavy atom. The zero-order valence-corrected chi connectivity index (χ0v) is 13.5. The molecule has 0 fully saturated rings. The Labute approximate surface area is 135 Å². The highest BCUT2D eigenvalue weighted by Gasteiger charge is 2.19. The van der Waals surface area contributed by atoms with E-state index in [2.05, 4.69) is 24.4 Å². The Hall–Kier alpha value is -2.76. The zero-order chi connectivity index (χ0) is 16.8. The second-order valence-electron chi connectivity index (χ2n) is 5.01. The summed E-state index contributed by atoms with van der Waals surface area (Å²) < 4.78 is 10.3. The molecule has 0 spiro atoms. The van der Waals surface area contributed by atoms with Crippen molar-refractivity contribution in [3.8, 4) is 11.5 Å². The molecular formula is C17H20N2O4. The fraction of sp³-hybridized carbons (Fsp3) is 0.294. The lowest BCUT2D eigenvalue weighted by molar-refractivity contribution is -0.384. The molecule has 0 atom stereocenters. The highest BCUT2D eigenvalue weighted by atomic mass is 16.6. The number of aryl methyl sites for hydroxylation is 1. The number of nitro benzene ring substituents is 1. The van der Waals surface area contributed by atoms with Crippen molar-refractivity contribution in [3.63, 3.8) is 0 Å². The van der Waals surface area contributed by atoms with E-state index in [1.54, 1.807) is 6.07 Å². The number of anilines is 1. The number of hydrogen-bond donors (Lipinski definition) is 1. The summed E-state index contributed by atoms with van der Waals surface area (Å²) in [7, 11) is 2.95. The van der Waals surface area contributed by atoms with Gasteiger partial charge < -0.3 is 14.8 Å². The Balaban J connectivity index is 2.24. The van der Waals surface area contributed by atoms with Crippen molar-refractivity contribution >= 4 is 11.4 Å². The van der Waals surface area contributed by atoms with Crippen molar-refractivity contribution in [2.45, 2.75) is 19.9 Å². The van der Waals surface area contributed by atoms with E-state index in [-0.39, 0.29) is 5.69 Å². The third-order valence-corrected chi connectivity index (χ3v) is 3.61. The van der Waals surface area contributed by atoms with E-state index in [0.29, 0.717) is 23.7 Å². The number of hydrogen-bond acceptors (Lipinski definition) is 5. The summed E-state index contributed by atoms with van der Waals surface area (Å²) in [5.41, 5.74) is 2.65. The SMILES string of the molecule is CCc1ccc(CNc2cc(OC)c(OC)cc2[N+](=O)[O-])cc1. The maximum Gasteiger partial charge on any atom is 0.296 e. The van der Waals surface area contributed by atoms with Gasteiger partial charge in [-0.2, -0.15) is 0 Å². The third-order valence-electron chi connectivity index (χ3n) is 3.61. The van der Waals surface area contributed by atoms with Gasteiger partial charge in [0.1, 0.15) is 5.69 Å². The van der Waals surface area contributed by atoms with Gasteiger partial charge in [-0.25, -0.2) is 0 Å². The first-order valence-corrected chi connectivity index (χ1v) is 7.31. The van der Waals surface area contributed by atoms with Gasteiger partial charge >= 0.3 is 0 Å². The predicted molar refractivity (Wildman–Crippen MR) is 89.3 cm³/mol. The lowest BCUT2D eigenvalue weighted by atomic mass is 10.1. The second kappa shape index (κ2) is 7.49. The van der Waals surface area contributed by atoms with Crippen LogP contribution in [0.2, 0.25) is 0 Å². The van der Waals surface area contributed by atoms with Gasteiger partial charge in [-0.1, -0.05) is 31.2 Å². The molecule has 2 aromatic carbocycles. The molecule has 0 bridgehead atoms. The van der Waals surface area contributed by atoms with Crippen LogP contribution >= 0.6 is 0 Å². The first kappa shape index (κ1) is 16.6. The maximum absolute atomic E-state index is 11.3. The fourth-order valence-electron chi connectivity index (χ4n) is 2.25. The summed E-state index contributed by atoms with van der Waals surface area (Å²) in [4.78, 5) is 10.8. The van der Waals surface area contributed by atoms with Crippen molar-refractivity contribution in [2.75, 3.05) is 19.5 Å². The summed E-state index contributed by atoms with van der Waals surface area (Å²) in [5, 5.41) is 14.4. The quantitative estimate of drug-likeness (QED) is 0.621. The summed E-state index contributed by atoms with van der Waals surface area (Å²) in [6.45, 7) is 2.58. The molecule has 0 heterocycles. The summed E-state index contributed by atoms with van der Waals surface area (Å²) in [6, 6.07) is 11.1. The van der Waals surface area contributed by atoms with Crippen LogP contribution in [0.25, 0.3) is 0 Å². The summed E-state index contributed by atoms with van der Waals surface area (Å²) >= 11 is 0. The molecular weight excluding hydrogens is 296 g/mol. The van der Waals surface area contributed by atoms with Gasteiger partial charge in [0.25, 0.3) is 5.69 Å². The molecule has 6 nitrogen and oxygen atoms in total. The van der Waals surface area contributed by atoms with Gasteiger partial charge in [0.05, 0.1) is 25.2 Å². The highest BCUT2D eigenvalue weighted by Crippen LogP contribution is 2.37. The molecule has 23 heavy (non-hydrogen) atoms. The molecule has 0 radical (unpaired) electrons. The minimum atomic E-state index is -0.440. The van der Waals surface area contributed by atoms with Crippen LogP contribution in [0.4, 0.5) is 11.4 Å². The molecule has 6 heteroatoms. The molecule has 0 aliphatic rings. The van der Waals surface area contributed by atoms with E-state index < -0.39 is 4.92 Å². The minimum absolute atomic E-state index is 0.0483. The normalized spacial score (nSPS) is 10.2. The third kappa shape index (κ3) is 3.91. The highest BCUT2D eigenvalue weighted by molar-refractivity contribution is 5.68. The van der Waals surface area contributed by atoms with Crippen molar-refractivity contribution in [3.05, 3.63) is 57.6 Å². The van der Waals surface area contributed by atoms with Crippen LogP contribution in [-0.2, 0) is 13.0 Å². The zero-order valence-electron chi connectivity index (χ0n) is 13.5. The van der Waals surface area contributed by atoms with E-state index in [4.69, 9.17) is 9.47 Å². The average Bonchev–Trinajstić information content (AvgIpc) is 2.59. The lowest BCUT2D eigenvalue weighted by Gasteiger charge is -2.12. The summed E-state index contributed by atoms with van der Waals surface area (Å²) in [5.74, 6) is 0.777. The van der Waals surface area contributed by atoms with Crippen LogP contribution < -0.4 is 14.8 Å². The van der Waals surface area contributed by atoms with E-state index in [9.17, 15) is 10.1 Å². The molecule has 0 aliphatic heterocycles. The van der Waals surface area contributed by atoms with E-state index in [0.717, 1.165) is 12.0 Å². The number of benzene rings is 2. The number of methoxy groups -OCH3 is 2. The van der Waals surface area contributed by atoms with Crippen molar-refractivity contribution in [1.29, 1.82) is 0 Å². The van der Waals surface area contributed by atoms with Crippen LogP contribution in [0.15, 0.2) is 36.4 Å². The fourth-order valence-corrected chi connectivity index (χ4v) is 2.25. The predicted octanol–water partition coefficient (Wildman–Crippen LogP) is 3.79. The molecule has 0 saturated carbocycles. The molecule has 0 aliphatic carbocycles. The van der Waals surface area contributed by atoms with Gasteiger partial charge in [0.2, 0.25) is 0 Å². The van der Waals surface area contributed by atoms with E-state index >= 15 is 0 Å². The number of ether oxygens (including phenoxy) is 2.